The summed E-state index contributed by atoms with van der Waals surface area (Å²) in [5.41, 5.74) is 7.82. The second-order valence-corrected chi connectivity index (χ2v) is 17.0. The number of phosphoric acid groups is 1. The number of ether oxygens (including phenoxy) is 2. The average Bonchev–Trinajstić information content (AvgIpc) is 3.72. The van der Waals surface area contributed by atoms with Crippen LogP contribution in [0.5, 0.6) is 0 Å². The summed E-state index contributed by atoms with van der Waals surface area (Å²) in [5.74, 6) is 1.93. The zero-order valence-electron chi connectivity index (χ0n) is 35.9. The summed E-state index contributed by atoms with van der Waals surface area (Å²) in [6.45, 7) is 6.83. The highest BCUT2D eigenvalue weighted by Gasteiger charge is 2.28. The fourth-order valence-corrected chi connectivity index (χ4v) is 7.45. The quantitative estimate of drug-likeness (QED) is 0.0333. The Morgan fingerprint density at radius 3 is 1.62 bits per heavy atom. The number of nitrogens with two attached hydrogens (primary N) is 1. The van der Waals surface area contributed by atoms with Crippen molar-refractivity contribution >= 4 is 25.7 Å². The van der Waals surface area contributed by atoms with E-state index < -0.39 is 51.1 Å². The van der Waals surface area contributed by atoms with Crippen LogP contribution in [0, 0.1) is 13.8 Å². The Bertz CT molecular complexity index is 1490. The molecule has 2 rings (SSSR count). The molecule has 3 atom stereocenters. The van der Waals surface area contributed by atoms with Gasteiger partial charge in [0.05, 0.1) is 13.2 Å². The summed E-state index contributed by atoms with van der Waals surface area (Å²) in [7, 11) is -4.74. The van der Waals surface area contributed by atoms with Crippen molar-refractivity contribution in [2.24, 2.45) is 5.73 Å². The number of hydrogen-bond acceptors (Lipinski definition) is 11. The van der Waals surface area contributed by atoms with Crippen LogP contribution in [0.15, 0.2) is 21.0 Å². The molecule has 0 spiro atoms. The second kappa shape index (κ2) is 30.1. The molecule has 2 heterocycles. The van der Waals surface area contributed by atoms with Crippen molar-refractivity contribution in [1.29, 1.82) is 0 Å². The number of unbranched alkanes of at least 4 members (excludes halogenated alkanes) is 14. The molecule has 4 N–H and O–H groups in total. The van der Waals surface area contributed by atoms with E-state index in [-0.39, 0.29) is 19.4 Å². The van der Waals surface area contributed by atoms with Crippen molar-refractivity contribution in [3.63, 3.8) is 0 Å². The number of aliphatic carboxylic acids is 1. The Morgan fingerprint density at radius 2 is 1.10 bits per heavy atom. The van der Waals surface area contributed by atoms with Crippen molar-refractivity contribution < 1.29 is 56.3 Å². The first-order chi connectivity index (χ1) is 27.8. The highest BCUT2D eigenvalue weighted by atomic mass is 31.2. The average molecular weight is 840 g/mol. The molecule has 0 aliphatic heterocycles. The maximum Gasteiger partial charge on any atom is 0.472 e. The standard InChI is InChI=1S/C44H74NO12P/c1-5-7-18-24-37-30-35(4)41(56-37)26-20-15-12-13-16-21-27-42(46)52-31-38(32-53-58(50,51)54-33-39(45)44(48)49)57-43(47)28-22-17-11-9-8-10-14-19-25-40-34(3)29-36(55-40)23-6-2/h29-30,38-39H,5-28,31-33,45H2,1-4H3,(H,48,49)(H,50,51). The van der Waals surface area contributed by atoms with Gasteiger partial charge in [-0.1, -0.05) is 90.9 Å². The van der Waals surface area contributed by atoms with Crippen LogP contribution in [0.3, 0.4) is 0 Å². The van der Waals surface area contributed by atoms with Crippen molar-refractivity contribution in [2.75, 3.05) is 19.8 Å². The van der Waals surface area contributed by atoms with Gasteiger partial charge in [0.25, 0.3) is 0 Å². The largest absolute Gasteiger partial charge is 0.480 e. The summed E-state index contributed by atoms with van der Waals surface area (Å²) < 4.78 is 44.8. The van der Waals surface area contributed by atoms with Crippen LogP contribution in [0.25, 0.3) is 0 Å². The third-order valence-electron chi connectivity index (χ3n) is 10.1. The van der Waals surface area contributed by atoms with E-state index in [0.29, 0.717) is 12.8 Å². The third-order valence-corrected chi connectivity index (χ3v) is 11.1. The lowest BCUT2D eigenvalue weighted by Gasteiger charge is -2.20. The molecule has 58 heavy (non-hydrogen) atoms. The molecule has 0 amide bonds. The molecule has 0 fully saturated rings. The van der Waals surface area contributed by atoms with Crippen LogP contribution in [-0.2, 0) is 63.2 Å². The summed E-state index contributed by atoms with van der Waals surface area (Å²) in [5, 5.41) is 8.91. The molecule has 0 radical (unpaired) electrons. The Morgan fingerprint density at radius 1 is 0.638 bits per heavy atom. The van der Waals surface area contributed by atoms with Crippen molar-refractivity contribution in [3.8, 4) is 0 Å². The van der Waals surface area contributed by atoms with E-state index in [2.05, 4.69) is 44.4 Å². The van der Waals surface area contributed by atoms with Crippen LogP contribution in [-0.4, -0.2) is 59.9 Å². The van der Waals surface area contributed by atoms with Gasteiger partial charge in [0.1, 0.15) is 35.7 Å². The first-order valence-corrected chi connectivity index (χ1v) is 23.4. The predicted octanol–water partition coefficient (Wildman–Crippen LogP) is 10.2. The number of carboxylic acid groups (broad SMARTS) is 1. The van der Waals surface area contributed by atoms with Crippen molar-refractivity contribution in [2.45, 2.75) is 194 Å². The number of carbonyl (C=O) groups is 3. The molecule has 13 nitrogen and oxygen atoms in total. The van der Waals surface area contributed by atoms with Gasteiger partial charge in [-0.2, -0.15) is 0 Å². The van der Waals surface area contributed by atoms with Gasteiger partial charge in [0, 0.05) is 38.5 Å². The number of furan rings is 2. The maximum absolute atomic E-state index is 12.7. The normalized spacial score (nSPS) is 13.6. The highest BCUT2D eigenvalue weighted by Crippen LogP contribution is 2.43. The van der Waals surface area contributed by atoms with Crippen LogP contribution in [0.2, 0.25) is 0 Å². The van der Waals surface area contributed by atoms with Gasteiger partial charge < -0.3 is 34.0 Å². The van der Waals surface area contributed by atoms with Gasteiger partial charge in [-0.3, -0.25) is 23.4 Å². The fourth-order valence-electron chi connectivity index (χ4n) is 6.68. The van der Waals surface area contributed by atoms with Gasteiger partial charge in [0.15, 0.2) is 6.10 Å². The Kier molecular flexibility index (Phi) is 26.6. The van der Waals surface area contributed by atoms with E-state index in [1.165, 1.54) is 24.0 Å². The summed E-state index contributed by atoms with van der Waals surface area (Å²) in [4.78, 5) is 46.2. The number of phosphoric ester groups is 1. The van der Waals surface area contributed by atoms with Crippen molar-refractivity contribution in [1.82, 2.24) is 0 Å². The maximum atomic E-state index is 12.7. The summed E-state index contributed by atoms with van der Waals surface area (Å²) in [6, 6.07) is 2.79. The van der Waals surface area contributed by atoms with Gasteiger partial charge in [-0.15, -0.1) is 0 Å². The molecule has 2 aromatic heterocycles. The predicted molar refractivity (Wildman–Crippen MR) is 224 cm³/mol. The lowest BCUT2D eigenvalue weighted by molar-refractivity contribution is -0.161. The number of rotatable bonds is 36. The minimum absolute atomic E-state index is 0.134. The van der Waals surface area contributed by atoms with Gasteiger partial charge >= 0.3 is 25.7 Å². The molecule has 0 aliphatic carbocycles. The zero-order chi connectivity index (χ0) is 42.6. The molecule has 0 saturated heterocycles. The molecular weight excluding hydrogens is 765 g/mol. The third kappa shape index (κ3) is 23.6. The van der Waals surface area contributed by atoms with Crippen LogP contribution in [0.1, 0.15) is 176 Å². The van der Waals surface area contributed by atoms with E-state index in [1.807, 2.05) is 0 Å². The first-order valence-electron chi connectivity index (χ1n) is 21.9. The van der Waals surface area contributed by atoms with Gasteiger partial charge in [0.2, 0.25) is 0 Å². The zero-order valence-corrected chi connectivity index (χ0v) is 36.8. The lowest BCUT2D eigenvalue weighted by atomic mass is 10.1. The van der Waals surface area contributed by atoms with E-state index in [0.717, 1.165) is 139 Å². The van der Waals surface area contributed by atoms with E-state index in [9.17, 15) is 23.8 Å². The van der Waals surface area contributed by atoms with E-state index in [4.69, 9.17) is 33.7 Å². The summed E-state index contributed by atoms with van der Waals surface area (Å²) >= 11 is 0. The Hall–Kier alpha value is -2.96. The van der Waals surface area contributed by atoms with Crippen LogP contribution >= 0.6 is 7.82 Å². The molecule has 0 bridgehead atoms. The van der Waals surface area contributed by atoms with E-state index in [1.54, 1.807) is 0 Å². The fraction of sp³-hybridized carbons (Fsp3) is 0.750. The number of hydrogen-bond donors (Lipinski definition) is 3. The number of aryl methyl sites for hydroxylation is 6. The number of carboxylic acids is 1. The SMILES string of the molecule is CCCCCc1cc(C)c(CCCCCCCCC(=O)OCC(COP(=O)(O)OCC(N)C(=O)O)OC(=O)CCCCCCCCCCc2oc(CCC)cc2C)o1. The van der Waals surface area contributed by atoms with Crippen LogP contribution < -0.4 is 5.73 Å². The molecule has 0 aromatic carbocycles. The van der Waals surface area contributed by atoms with Crippen molar-refractivity contribution in [3.05, 3.63) is 46.3 Å². The Balaban J connectivity index is 1.65. The minimum atomic E-state index is -4.74. The summed E-state index contributed by atoms with van der Waals surface area (Å²) in [6.07, 6.45) is 21.4. The monoisotopic (exact) mass is 839 g/mol. The van der Waals surface area contributed by atoms with Gasteiger partial charge in [-0.25, -0.2) is 4.57 Å². The number of carbonyl (C=O) groups excluding carboxylic acids is 2. The molecule has 3 unspecified atom stereocenters. The van der Waals surface area contributed by atoms with Crippen LogP contribution in [0.4, 0.5) is 0 Å². The molecule has 0 saturated carbocycles. The molecule has 2 aromatic rings. The topological polar surface area (TPSA) is 198 Å². The molecular formula is C44H74NO12P. The molecule has 14 heteroatoms. The first kappa shape index (κ1) is 51.2. The minimum Gasteiger partial charge on any atom is -0.480 e. The van der Waals surface area contributed by atoms with Gasteiger partial charge in [-0.05, 0) is 75.6 Å². The number of esters is 2. The van der Waals surface area contributed by atoms with E-state index >= 15 is 0 Å². The lowest BCUT2D eigenvalue weighted by Crippen LogP contribution is -2.34. The highest BCUT2D eigenvalue weighted by molar-refractivity contribution is 7.47. The second-order valence-electron chi connectivity index (χ2n) is 15.6. The molecule has 332 valence electrons. The molecule has 0 aliphatic rings. The smallest absolute Gasteiger partial charge is 0.472 e. The Labute approximate surface area is 347 Å².